The third-order valence-electron chi connectivity index (χ3n) is 5.59. The van der Waals surface area contributed by atoms with Crippen LogP contribution in [0.1, 0.15) is 84.6 Å². The summed E-state index contributed by atoms with van der Waals surface area (Å²) in [6.07, 6.45) is 8.82. The average molecular weight is 445 g/mol. The average Bonchev–Trinajstić information content (AvgIpc) is 2.68. The lowest BCUT2D eigenvalue weighted by atomic mass is 10.0. The Hall–Kier alpha value is -0.640. The van der Waals surface area contributed by atoms with E-state index in [4.69, 9.17) is 3.97 Å². The van der Waals surface area contributed by atoms with Gasteiger partial charge in [-0.2, -0.15) is 8.42 Å². The molecule has 0 saturated heterocycles. The minimum Gasteiger partial charge on any atom is -0.292 e. The predicted octanol–water partition coefficient (Wildman–Crippen LogP) is 7.24. The van der Waals surface area contributed by atoms with Crippen molar-refractivity contribution in [1.29, 1.82) is 0 Å². The minimum absolute atomic E-state index is 0.227. The van der Waals surface area contributed by atoms with Gasteiger partial charge in [-0.25, -0.2) is 3.97 Å². The quantitative estimate of drug-likeness (QED) is 0.252. The molecule has 29 heavy (non-hydrogen) atoms. The largest absolute Gasteiger partial charge is 0.292 e. The van der Waals surface area contributed by atoms with E-state index in [-0.39, 0.29) is 17.6 Å². The molecule has 0 saturated carbocycles. The molecule has 2 atom stereocenters. The topological polar surface area (TPSA) is 60.4 Å². The van der Waals surface area contributed by atoms with Crippen molar-refractivity contribution in [3.63, 3.8) is 0 Å². The summed E-state index contributed by atoms with van der Waals surface area (Å²) in [5.74, 6) is 0.266. The van der Waals surface area contributed by atoms with Crippen molar-refractivity contribution in [2.45, 2.75) is 84.8 Å². The van der Waals surface area contributed by atoms with Gasteiger partial charge < -0.3 is 0 Å². The van der Waals surface area contributed by atoms with Crippen LogP contribution in [0.15, 0.2) is 30.3 Å². The second kappa shape index (κ2) is 13.6. The molecule has 0 radical (unpaired) electrons. The van der Waals surface area contributed by atoms with Gasteiger partial charge >= 0.3 is 0 Å². The summed E-state index contributed by atoms with van der Waals surface area (Å²) >= 11 is 0. The maximum absolute atomic E-state index is 13.9. The molecule has 2 unspecified atom stereocenters. The number of hydrogen-bond acceptors (Lipinski definition) is 4. The van der Waals surface area contributed by atoms with Crippen LogP contribution >= 0.6 is 7.37 Å². The molecule has 1 aromatic rings. The summed E-state index contributed by atoms with van der Waals surface area (Å²) in [6, 6.07) is 8.98. The first-order chi connectivity index (χ1) is 13.8. The SMILES string of the molecule is CCCCC(CC)CP(=O)(CC(CC)CCCC)OS(=O)(=O)Cc1ccccc1. The van der Waals surface area contributed by atoms with E-state index in [1.54, 1.807) is 24.3 Å². The Labute approximate surface area is 179 Å². The lowest BCUT2D eigenvalue weighted by Gasteiger charge is -2.26. The van der Waals surface area contributed by atoms with Crippen molar-refractivity contribution in [2.24, 2.45) is 11.8 Å². The standard InChI is InChI=1S/C23H41O4PS/c1-5-9-14-21(7-3)18-28(24,19-22(8-4)15-10-6-2)27-29(25,26)20-23-16-12-11-13-17-23/h11-13,16-17,21-22H,5-10,14-15,18-20H2,1-4H3. The lowest BCUT2D eigenvalue weighted by molar-refractivity contribution is 0.412. The van der Waals surface area contributed by atoms with Crippen LogP contribution in [0.25, 0.3) is 0 Å². The molecule has 4 nitrogen and oxygen atoms in total. The molecule has 0 bridgehead atoms. The normalized spacial score (nSPS) is 16.3. The molecule has 168 valence electrons. The van der Waals surface area contributed by atoms with E-state index in [1.165, 1.54) is 0 Å². The fraction of sp³-hybridized carbons (Fsp3) is 0.739. The van der Waals surface area contributed by atoms with E-state index in [2.05, 4.69) is 27.7 Å². The van der Waals surface area contributed by atoms with Crippen molar-refractivity contribution in [3.05, 3.63) is 35.9 Å². The number of unbranched alkanes of at least 4 members (excludes halogenated alkanes) is 2. The molecule has 0 aliphatic rings. The maximum Gasteiger partial charge on any atom is 0.277 e. The molecule has 0 aromatic heterocycles. The Balaban J connectivity index is 3.02. The molecular formula is C23H41O4PS. The third kappa shape index (κ3) is 10.8. The van der Waals surface area contributed by atoms with E-state index in [0.29, 0.717) is 17.9 Å². The Kier molecular flexibility index (Phi) is 12.4. The molecule has 0 heterocycles. The first-order valence-corrected chi connectivity index (χ1v) is 14.9. The zero-order valence-electron chi connectivity index (χ0n) is 18.8. The van der Waals surface area contributed by atoms with Crippen LogP contribution in [-0.4, -0.2) is 20.7 Å². The summed E-state index contributed by atoms with van der Waals surface area (Å²) in [4.78, 5) is 0. The van der Waals surface area contributed by atoms with Gasteiger partial charge in [0.2, 0.25) is 7.37 Å². The molecule has 0 aliphatic carbocycles. The van der Waals surface area contributed by atoms with Crippen LogP contribution in [0.4, 0.5) is 0 Å². The van der Waals surface area contributed by atoms with Gasteiger partial charge in [0, 0.05) is 12.3 Å². The Morgan fingerprint density at radius 2 is 1.34 bits per heavy atom. The molecule has 0 aliphatic heterocycles. The first-order valence-electron chi connectivity index (χ1n) is 11.3. The highest BCUT2D eigenvalue weighted by molar-refractivity contribution is 7.91. The maximum atomic E-state index is 13.9. The zero-order valence-corrected chi connectivity index (χ0v) is 20.5. The molecule has 1 aromatic carbocycles. The summed E-state index contributed by atoms with van der Waals surface area (Å²) in [5, 5.41) is 0. The highest BCUT2D eigenvalue weighted by Gasteiger charge is 2.35. The smallest absolute Gasteiger partial charge is 0.277 e. The van der Waals surface area contributed by atoms with E-state index in [0.717, 1.165) is 51.4 Å². The Morgan fingerprint density at radius 1 is 0.862 bits per heavy atom. The first kappa shape index (κ1) is 26.4. The van der Waals surface area contributed by atoms with Gasteiger partial charge in [0.25, 0.3) is 10.1 Å². The van der Waals surface area contributed by atoms with Gasteiger partial charge in [-0.05, 0) is 30.2 Å². The summed E-state index contributed by atoms with van der Waals surface area (Å²) in [6.45, 7) is 8.48. The highest BCUT2D eigenvalue weighted by Crippen LogP contribution is 2.54. The van der Waals surface area contributed by atoms with E-state index in [9.17, 15) is 13.0 Å². The van der Waals surface area contributed by atoms with E-state index in [1.807, 2.05) is 6.07 Å². The van der Waals surface area contributed by atoms with Crippen molar-refractivity contribution in [2.75, 3.05) is 12.3 Å². The number of benzene rings is 1. The summed E-state index contributed by atoms with van der Waals surface area (Å²) in [5.41, 5.74) is 0.662. The summed E-state index contributed by atoms with van der Waals surface area (Å²) < 4.78 is 45.0. The lowest BCUT2D eigenvalue weighted by Crippen LogP contribution is -2.18. The molecule has 0 N–H and O–H groups in total. The van der Waals surface area contributed by atoms with Crippen LogP contribution in [0.2, 0.25) is 0 Å². The van der Waals surface area contributed by atoms with Crippen LogP contribution in [0, 0.1) is 11.8 Å². The highest BCUT2D eigenvalue weighted by atomic mass is 32.2. The third-order valence-corrected chi connectivity index (χ3v) is 10.4. The van der Waals surface area contributed by atoms with Crippen molar-refractivity contribution in [3.8, 4) is 0 Å². The van der Waals surface area contributed by atoms with Gasteiger partial charge in [-0.3, -0.25) is 4.57 Å². The number of rotatable bonds is 16. The van der Waals surface area contributed by atoms with Gasteiger partial charge in [0.15, 0.2) is 0 Å². The second-order valence-corrected chi connectivity index (χ2v) is 12.6. The van der Waals surface area contributed by atoms with Crippen LogP contribution in [-0.2, 0) is 24.4 Å². The molecule has 1 rings (SSSR count). The Bertz CT molecular complexity index is 681. The zero-order chi connectivity index (χ0) is 21.8. The Morgan fingerprint density at radius 3 is 1.76 bits per heavy atom. The molecule has 0 amide bonds. The fourth-order valence-electron chi connectivity index (χ4n) is 3.77. The van der Waals surface area contributed by atoms with Crippen molar-refractivity contribution < 1.29 is 17.0 Å². The van der Waals surface area contributed by atoms with Gasteiger partial charge in [0.1, 0.15) is 5.75 Å². The monoisotopic (exact) mass is 444 g/mol. The van der Waals surface area contributed by atoms with E-state index < -0.39 is 17.5 Å². The van der Waals surface area contributed by atoms with Crippen LogP contribution in [0.5, 0.6) is 0 Å². The second-order valence-electron chi connectivity index (χ2n) is 8.27. The fourth-order valence-corrected chi connectivity index (χ4v) is 9.33. The van der Waals surface area contributed by atoms with Crippen molar-refractivity contribution >= 4 is 17.5 Å². The van der Waals surface area contributed by atoms with E-state index >= 15 is 0 Å². The number of hydrogen-bond donors (Lipinski definition) is 0. The predicted molar refractivity (Wildman–Crippen MR) is 124 cm³/mol. The van der Waals surface area contributed by atoms with Gasteiger partial charge in [-0.1, -0.05) is 96.6 Å². The minimum atomic E-state index is -3.90. The summed E-state index contributed by atoms with van der Waals surface area (Å²) in [7, 11) is -7.20. The molecule has 6 heteroatoms. The van der Waals surface area contributed by atoms with Gasteiger partial charge in [0.05, 0.1) is 0 Å². The molecule has 0 fully saturated rings. The molecule has 0 spiro atoms. The van der Waals surface area contributed by atoms with Crippen LogP contribution < -0.4 is 0 Å². The van der Waals surface area contributed by atoms with Crippen molar-refractivity contribution in [1.82, 2.24) is 0 Å². The molecular weight excluding hydrogens is 403 g/mol. The van der Waals surface area contributed by atoms with Crippen LogP contribution in [0.3, 0.4) is 0 Å². The van der Waals surface area contributed by atoms with Gasteiger partial charge in [-0.15, -0.1) is 0 Å².